The number of anilines is 2. The van der Waals surface area contributed by atoms with Gasteiger partial charge < -0.3 is 5.32 Å². The van der Waals surface area contributed by atoms with Crippen LogP contribution >= 0.6 is 11.3 Å². The van der Waals surface area contributed by atoms with Crippen molar-refractivity contribution in [3.63, 3.8) is 0 Å². The minimum absolute atomic E-state index is 0.513. The maximum absolute atomic E-state index is 4.56. The molecule has 0 radical (unpaired) electrons. The van der Waals surface area contributed by atoms with E-state index in [2.05, 4.69) is 30.4 Å². The zero-order valence-corrected chi connectivity index (χ0v) is 12.7. The Bertz CT molecular complexity index is 903. The van der Waals surface area contributed by atoms with Crippen LogP contribution in [0.2, 0.25) is 0 Å². The molecule has 4 heterocycles. The van der Waals surface area contributed by atoms with Crippen LogP contribution in [0.1, 0.15) is 0 Å². The van der Waals surface area contributed by atoms with Crippen molar-refractivity contribution >= 4 is 22.8 Å². The highest BCUT2D eigenvalue weighted by atomic mass is 32.1. The van der Waals surface area contributed by atoms with E-state index in [1.165, 1.54) is 0 Å². The minimum Gasteiger partial charge on any atom is -0.336 e. The van der Waals surface area contributed by atoms with Crippen molar-refractivity contribution in [3.8, 4) is 16.5 Å². The van der Waals surface area contributed by atoms with Gasteiger partial charge in [-0.25, -0.2) is 19.6 Å². The van der Waals surface area contributed by atoms with Gasteiger partial charge in [0.25, 0.3) is 0 Å². The van der Waals surface area contributed by atoms with Gasteiger partial charge in [-0.05, 0) is 17.5 Å². The highest BCUT2D eigenvalue weighted by Gasteiger charge is 2.06. The lowest BCUT2D eigenvalue weighted by Gasteiger charge is -2.03. The fraction of sp³-hybridized carbons (Fsp3) is 0. The van der Waals surface area contributed by atoms with Crippen molar-refractivity contribution < 1.29 is 0 Å². The van der Waals surface area contributed by atoms with Crippen molar-refractivity contribution in [1.29, 1.82) is 0 Å². The third kappa shape index (κ3) is 2.92. The van der Waals surface area contributed by atoms with Crippen LogP contribution in [0.4, 0.5) is 11.5 Å². The molecule has 0 unspecified atom stereocenters. The molecule has 0 aliphatic carbocycles. The Morgan fingerprint density at radius 2 is 1.96 bits per heavy atom. The topological polar surface area (TPSA) is 81.4 Å². The van der Waals surface area contributed by atoms with Gasteiger partial charge in [0.1, 0.15) is 11.5 Å². The fourth-order valence-corrected chi connectivity index (χ4v) is 2.70. The second-order valence-electron chi connectivity index (χ2n) is 4.61. The summed E-state index contributed by atoms with van der Waals surface area (Å²) in [4.78, 5) is 18.2. The zero-order chi connectivity index (χ0) is 15.5. The smallest absolute Gasteiger partial charge is 0.250 e. The van der Waals surface area contributed by atoms with E-state index in [0.29, 0.717) is 11.8 Å². The summed E-state index contributed by atoms with van der Waals surface area (Å²) in [6, 6.07) is 5.77. The predicted molar refractivity (Wildman–Crippen MR) is 87.8 cm³/mol. The normalized spacial score (nSPS) is 10.6. The molecule has 0 saturated carbocycles. The van der Waals surface area contributed by atoms with E-state index in [4.69, 9.17) is 0 Å². The Balaban J connectivity index is 1.57. The summed E-state index contributed by atoms with van der Waals surface area (Å²) in [7, 11) is 0. The van der Waals surface area contributed by atoms with Gasteiger partial charge in [0.2, 0.25) is 5.95 Å². The van der Waals surface area contributed by atoms with Crippen LogP contribution in [0.5, 0.6) is 0 Å². The lowest BCUT2D eigenvalue weighted by molar-refractivity contribution is 0.808. The van der Waals surface area contributed by atoms with Crippen LogP contribution in [0.25, 0.3) is 16.5 Å². The molecule has 0 aromatic carbocycles. The quantitative estimate of drug-likeness (QED) is 0.622. The third-order valence-corrected chi connectivity index (χ3v) is 3.91. The summed E-state index contributed by atoms with van der Waals surface area (Å²) in [6.07, 6.45) is 10.3. The van der Waals surface area contributed by atoms with Crippen molar-refractivity contribution in [2.24, 2.45) is 0 Å². The molecule has 0 aliphatic heterocycles. The van der Waals surface area contributed by atoms with Gasteiger partial charge in [0.05, 0.1) is 35.4 Å². The Labute approximate surface area is 135 Å². The number of nitrogens with zero attached hydrogens (tertiary/aromatic N) is 6. The van der Waals surface area contributed by atoms with Crippen molar-refractivity contribution in [2.75, 3.05) is 5.32 Å². The van der Waals surface area contributed by atoms with Crippen molar-refractivity contribution in [2.45, 2.75) is 0 Å². The predicted octanol–water partition coefficient (Wildman–Crippen LogP) is 2.92. The van der Waals surface area contributed by atoms with Crippen LogP contribution in [0, 0.1) is 0 Å². The summed E-state index contributed by atoms with van der Waals surface area (Å²) in [6.45, 7) is 0. The summed E-state index contributed by atoms with van der Waals surface area (Å²) < 4.78 is 1.60. The molecular formula is C15H11N7S. The molecule has 0 amide bonds. The maximum atomic E-state index is 4.56. The molecule has 23 heavy (non-hydrogen) atoms. The third-order valence-electron chi connectivity index (χ3n) is 3.02. The SMILES string of the molecule is c1cnc(-n2cc(Nc3cncc(-c4cccs4)n3)cn2)nc1. The van der Waals surface area contributed by atoms with Gasteiger partial charge in [0.15, 0.2) is 0 Å². The first-order valence-electron chi connectivity index (χ1n) is 6.83. The van der Waals surface area contributed by atoms with E-state index >= 15 is 0 Å². The van der Waals surface area contributed by atoms with E-state index in [1.807, 2.05) is 17.5 Å². The number of thiophene rings is 1. The van der Waals surface area contributed by atoms with Crippen molar-refractivity contribution in [3.05, 3.63) is 60.8 Å². The molecule has 0 saturated heterocycles. The molecule has 112 valence electrons. The highest BCUT2D eigenvalue weighted by Crippen LogP contribution is 2.23. The number of rotatable bonds is 4. The van der Waals surface area contributed by atoms with Crippen LogP contribution in [-0.4, -0.2) is 29.7 Å². The monoisotopic (exact) mass is 321 g/mol. The number of nitrogens with one attached hydrogen (secondary N) is 1. The molecule has 4 aromatic rings. The van der Waals surface area contributed by atoms with E-state index in [0.717, 1.165) is 16.3 Å². The van der Waals surface area contributed by atoms with E-state index in [9.17, 15) is 0 Å². The molecule has 8 heteroatoms. The summed E-state index contributed by atoms with van der Waals surface area (Å²) in [5.74, 6) is 1.17. The van der Waals surface area contributed by atoms with Gasteiger partial charge in [-0.3, -0.25) is 4.98 Å². The molecule has 1 N–H and O–H groups in total. The molecule has 0 atom stereocenters. The van der Waals surface area contributed by atoms with Crippen LogP contribution in [0.3, 0.4) is 0 Å². The number of hydrogen-bond acceptors (Lipinski definition) is 7. The van der Waals surface area contributed by atoms with Gasteiger partial charge in [0, 0.05) is 12.4 Å². The summed E-state index contributed by atoms with van der Waals surface area (Å²) >= 11 is 1.63. The van der Waals surface area contributed by atoms with Crippen LogP contribution in [0.15, 0.2) is 60.8 Å². The average Bonchev–Trinajstić information content (AvgIpc) is 3.28. The Kier molecular flexibility index (Phi) is 3.49. The van der Waals surface area contributed by atoms with E-state index in [1.54, 1.807) is 59.3 Å². The standard InChI is InChI=1S/C15H11N7S/c1-3-13(23-6-1)12-8-16-9-14(21-12)20-11-7-19-22(10-11)15-17-4-2-5-18-15/h1-10H,(H,20,21). The van der Waals surface area contributed by atoms with Gasteiger partial charge in [-0.1, -0.05) is 6.07 Å². The molecule has 0 bridgehead atoms. The average molecular weight is 321 g/mol. The van der Waals surface area contributed by atoms with Crippen molar-refractivity contribution in [1.82, 2.24) is 29.7 Å². The maximum Gasteiger partial charge on any atom is 0.250 e. The van der Waals surface area contributed by atoms with Gasteiger partial charge in [-0.2, -0.15) is 5.10 Å². The second-order valence-corrected chi connectivity index (χ2v) is 5.56. The Hall–Kier alpha value is -3.13. The van der Waals surface area contributed by atoms with Crippen LogP contribution in [-0.2, 0) is 0 Å². The molecule has 0 spiro atoms. The van der Waals surface area contributed by atoms with Gasteiger partial charge >= 0.3 is 0 Å². The number of aromatic nitrogens is 6. The minimum atomic E-state index is 0.513. The molecule has 0 aliphatic rings. The lowest BCUT2D eigenvalue weighted by Crippen LogP contribution is -2.00. The Morgan fingerprint density at radius 3 is 2.78 bits per heavy atom. The molecule has 4 aromatic heterocycles. The fourth-order valence-electron chi connectivity index (χ4n) is 2.02. The largest absolute Gasteiger partial charge is 0.336 e. The first kappa shape index (κ1) is 13.5. The molecular weight excluding hydrogens is 310 g/mol. The van der Waals surface area contributed by atoms with E-state index < -0.39 is 0 Å². The molecule has 7 nitrogen and oxygen atoms in total. The molecule has 4 rings (SSSR count). The lowest BCUT2D eigenvalue weighted by atomic mass is 10.3. The molecule has 0 fully saturated rings. The number of hydrogen-bond donors (Lipinski definition) is 1. The zero-order valence-electron chi connectivity index (χ0n) is 11.9. The first-order valence-corrected chi connectivity index (χ1v) is 7.71. The summed E-state index contributed by atoms with van der Waals surface area (Å²) in [5.41, 5.74) is 1.62. The Morgan fingerprint density at radius 1 is 1.04 bits per heavy atom. The highest BCUT2D eigenvalue weighted by molar-refractivity contribution is 7.13. The van der Waals surface area contributed by atoms with Gasteiger partial charge in [-0.15, -0.1) is 11.3 Å². The van der Waals surface area contributed by atoms with Crippen LogP contribution < -0.4 is 5.32 Å². The first-order chi connectivity index (χ1) is 11.4. The summed E-state index contributed by atoms with van der Waals surface area (Å²) in [5, 5.41) is 9.44. The van der Waals surface area contributed by atoms with E-state index in [-0.39, 0.29) is 0 Å². The second kappa shape index (κ2) is 5.93.